The first-order valence-corrected chi connectivity index (χ1v) is 7.43. The summed E-state index contributed by atoms with van der Waals surface area (Å²) in [6.07, 6.45) is 1.70. The monoisotopic (exact) mass is 304 g/mol. The first-order chi connectivity index (χ1) is 11.2. The molecule has 5 nitrogen and oxygen atoms in total. The van der Waals surface area contributed by atoms with Gasteiger partial charge in [0.05, 0.1) is 18.3 Å². The second kappa shape index (κ2) is 5.05. The van der Waals surface area contributed by atoms with E-state index in [0.29, 0.717) is 0 Å². The van der Waals surface area contributed by atoms with Crippen LogP contribution in [0.3, 0.4) is 0 Å². The lowest BCUT2D eigenvalue weighted by atomic mass is 9.99. The summed E-state index contributed by atoms with van der Waals surface area (Å²) in [4.78, 5) is 4.80. The number of rotatable bonds is 2. The summed E-state index contributed by atoms with van der Waals surface area (Å²) in [6.45, 7) is 4.06. The van der Waals surface area contributed by atoms with Crippen LogP contribution in [0.2, 0.25) is 0 Å². The molecule has 5 heteroatoms. The van der Waals surface area contributed by atoms with Crippen molar-refractivity contribution < 1.29 is 4.74 Å². The molecule has 114 valence electrons. The van der Waals surface area contributed by atoms with Crippen molar-refractivity contribution in [3.63, 3.8) is 0 Å². The van der Waals surface area contributed by atoms with Crippen molar-refractivity contribution in [3.05, 3.63) is 54.0 Å². The predicted molar refractivity (Wildman–Crippen MR) is 89.8 cm³/mol. The highest BCUT2D eigenvalue weighted by Crippen LogP contribution is 2.35. The van der Waals surface area contributed by atoms with Crippen molar-refractivity contribution in [3.8, 4) is 16.9 Å². The number of aryl methyl sites for hydroxylation is 2. The molecule has 0 radical (unpaired) electrons. The molecule has 0 fully saturated rings. The van der Waals surface area contributed by atoms with Crippen molar-refractivity contribution >= 4 is 16.7 Å². The van der Waals surface area contributed by atoms with E-state index in [1.54, 1.807) is 13.4 Å². The Morgan fingerprint density at radius 2 is 1.83 bits per heavy atom. The summed E-state index contributed by atoms with van der Waals surface area (Å²) in [7, 11) is 1.66. The third-order valence-electron chi connectivity index (χ3n) is 4.16. The van der Waals surface area contributed by atoms with E-state index < -0.39 is 0 Å². The maximum Gasteiger partial charge on any atom is 0.182 e. The van der Waals surface area contributed by atoms with Crippen LogP contribution in [-0.4, -0.2) is 26.7 Å². The molecule has 0 spiro atoms. The Morgan fingerprint density at radius 3 is 2.61 bits per heavy atom. The number of ether oxygens (including phenoxy) is 1. The number of benzene rings is 2. The molecule has 0 saturated carbocycles. The Kier molecular flexibility index (Phi) is 3.01. The third-order valence-corrected chi connectivity index (χ3v) is 4.16. The predicted octanol–water partition coefficient (Wildman–Crippen LogP) is 3.57. The van der Waals surface area contributed by atoms with E-state index in [9.17, 15) is 0 Å². The summed E-state index contributed by atoms with van der Waals surface area (Å²) in [5.74, 6) is 0.759. The van der Waals surface area contributed by atoms with E-state index in [0.717, 1.165) is 33.7 Å². The van der Waals surface area contributed by atoms with Gasteiger partial charge in [0, 0.05) is 5.56 Å². The second-order valence-corrected chi connectivity index (χ2v) is 5.55. The van der Waals surface area contributed by atoms with E-state index in [-0.39, 0.29) is 0 Å². The summed E-state index contributed by atoms with van der Waals surface area (Å²) in [6, 6.07) is 12.3. The summed E-state index contributed by atoms with van der Waals surface area (Å²) >= 11 is 0. The van der Waals surface area contributed by atoms with Gasteiger partial charge in [-0.1, -0.05) is 24.3 Å². The molecule has 0 aliphatic heterocycles. The lowest BCUT2D eigenvalue weighted by molar-refractivity contribution is 0.418. The Bertz CT molecular complexity index is 1040. The van der Waals surface area contributed by atoms with Crippen LogP contribution in [0.4, 0.5) is 0 Å². The molecular weight excluding hydrogens is 288 g/mol. The Labute approximate surface area is 133 Å². The molecule has 2 aromatic heterocycles. The fourth-order valence-corrected chi connectivity index (χ4v) is 3.03. The molecule has 0 N–H and O–H groups in total. The molecule has 23 heavy (non-hydrogen) atoms. The van der Waals surface area contributed by atoms with Gasteiger partial charge >= 0.3 is 0 Å². The van der Waals surface area contributed by atoms with Gasteiger partial charge in [0.2, 0.25) is 0 Å². The van der Waals surface area contributed by atoms with Gasteiger partial charge in [0.15, 0.2) is 5.65 Å². The Morgan fingerprint density at radius 1 is 1.00 bits per heavy atom. The molecule has 0 atom stereocenters. The number of fused-ring (bicyclic) bond motifs is 3. The minimum Gasteiger partial charge on any atom is -0.494 e. The van der Waals surface area contributed by atoms with Gasteiger partial charge in [-0.05, 0) is 37.1 Å². The lowest BCUT2D eigenvalue weighted by Gasteiger charge is -2.13. The van der Waals surface area contributed by atoms with E-state index in [1.165, 1.54) is 11.1 Å². The zero-order valence-corrected chi connectivity index (χ0v) is 13.2. The second-order valence-electron chi connectivity index (χ2n) is 5.55. The molecule has 2 aromatic carbocycles. The van der Waals surface area contributed by atoms with Gasteiger partial charge in [0.1, 0.15) is 17.6 Å². The maximum absolute atomic E-state index is 5.55. The molecule has 0 unspecified atom stereocenters. The van der Waals surface area contributed by atoms with Crippen LogP contribution in [-0.2, 0) is 0 Å². The quantitative estimate of drug-likeness (QED) is 0.568. The molecular formula is C18H16N4O. The lowest BCUT2D eigenvalue weighted by Crippen LogP contribution is -1.99. The van der Waals surface area contributed by atoms with Gasteiger partial charge in [-0.15, -0.1) is 10.2 Å². The molecule has 0 amide bonds. The zero-order valence-electron chi connectivity index (χ0n) is 13.2. The molecule has 4 aromatic rings. The van der Waals surface area contributed by atoms with E-state index in [2.05, 4.69) is 35.3 Å². The van der Waals surface area contributed by atoms with Crippen molar-refractivity contribution in [1.29, 1.82) is 0 Å². The molecule has 0 bridgehead atoms. The van der Waals surface area contributed by atoms with Crippen LogP contribution in [0.15, 0.2) is 42.7 Å². The van der Waals surface area contributed by atoms with Gasteiger partial charge in [0.25, 0.3) is 0 Å². The van der Waals surface area contributed by atoms with E-state index in [1.807, 2.05) is 29.5 Å². The number of aromatic nitrogens is 4. The van der Waals surface area contributed by atoms with Crippen molar-refractivity contribution in [2.75, 3.05) is 7.11 Å². The van der Waals surface area contributed by atoms with Crippen LogP contribution < -0.4 is 4.74 Å². The van der Waals surface area contributed by atoms with Gasteiger partial charge in [-0.3, -0.25) is 4.40 Å². The smallest absolute Gasteiger partial charge is 0.182 e. The fourth-order valence-electron chi connectivity index (χ4n) is 3.03. The van der Waals surface area contributed by atoms with Gasteiger partial charge in [-0.25, -0.2) is 4.98 Å². The van der Waals surface area contributed by atoms with Gasteiger partial charge < -0.3 is 4.74 Å². The Hall–Kier alpha value is -2.95. The number of nitrogens with zero attached hydrogens (tertiary/aromatic N) is 4. The maximum atomic E-state index is 5.55. The average Bonchev–Trinajstić information content (AvgIpc) is 3.05. The topological polar surface area (TPSA) is 52.3 Å². The van der Waals surface area contributed by atoms with Crippen LogP contribution in [0.25, 0.3) is 27.8 Å². The molecule has 4 rings (SSSR count). The number of hydrogen-bond acceptors (Lipinski definition) is 4. The van der Waals surface area contributed by atoms with Crippen molar-refractivity contribution in [1.82, 2.24) is 19.6 Å². The van der Waals surface area contributed by atoms with E-state index >= 15 is 0 Å². The Balaban J connectivity index is 2.20. The van der Waals surface area contributed by atoms with Crippen LogP contribution in [0, 0.1) is 13.8 Å². The molecule has 0 aliphatic carbocycles. The van der Waals surface area contributed by atoms with Crippen molar-refractivity contribution in [2.45, 2.75) is 13.8 Å². The van der Waals surface area contributed by atoms with Crippen molar-refractivity contribution in [2.24, 2.45) is 0 Å². The zero-order chi connectivity index (χ0) is 16.0. The minimum atomic E-state index is 0.748. The third kappa shape index (κ3) is 1.97. The van der Waals surface area contributed by atoms with Crippen LogP contribution in [0.1, 0.15) is 11.3 Å². The first-order valence-electron chi connectivity index (χ1n) is 7.43. The minimum absolute atomic E-state index is 0.748. The highest BCUT2D eigenvalue weighted by Gasteiger charge is 2.16. The molecule has 2 heterocycles. The normalized spacial score (nSPS) is 11.3. The summed E-state index contributed by atoms with van der Waals surface area (Å²) < 4.78 is 7.49. The largest absolute Gasteiger partial charge is 0.494 e. The standard InChI is InChI=1S/C18H16N4O/c1-11-6-4-5-7-13(11)14-8-9-15(23-3)17-16(14)20-12(2)18-21-19-10-22(17)18/h4-10H,1-3H3. The summed E-state index contributed by atoms with van der Waals surface area (Å²) in [5.41, 5.74) is 6.83. The van der Waals surface area contributed by atoms with Gasteiger partial charge in [-0.2, -0.15) is 0 Å². The summed E-state index contributed by atoms with van der Waals surface area (Å²) in [5, 5.41) is 8.18. The average molecular weight is 304 g/mol. The molecule has 0 aliphatic rings. The van der Waals surface area contributed by atoms with E-state index in [4.69, 9.17) is 9.72 Å². The fraction of sp³-hybridized carbons (Fsp3) is 0.167. The van der Waals surface area contributed by atoms with Crippen LogP contribution >= 0.6 is 0 Å². The first kappa shape index (κ1) is 13.7. The highest BCUT2D eigenvalue weighted by atomic mass is 16.5. The SMILES string of the molecule is COc1ccc(-c2ccccc2C)c2nc(C)c3nncn3c12. The molecule has 0 saturated heterocycles. The number of methoxy groups -OCH3 is 1. The van der Waals surface area contributed by atoms with Crippen LogP contribution in [0.5, 0.6) is 5.75 Å². The number of hydrogen-bond donors (Lipinski definition) is 0. The highest BCUT2D eigenvalue weighted by molar-refractivity contribution is 5.97.